The Morgan fingerprint density at radius 1 is 1.47 bits per heavy atom. The SMILES string of the molecule is CN=C1N[C@@H]2[C@@H](O)[C@H](O)C([C@H](C)OC)O[C@@H]2S1. The molecule has 0 amide bonds. The molecular formula is C10H18N2O4S. The molecular weight excluding hydrogens is 244 g/mol. The topological polar surface area (TPSA) is 83.3 Å². The Hall–Kier alpha value is -0.340. The van der Waals surface area contributed by atoms with Gasteiger partial charge in [-0.2, -0.15) is 0 Å². The molecule has 0 aromatic carbocycles. The molecule has 0 saturated carbocycles. The van der Waals surface area contributed by atoms with Gasteiger partial charge < -0.3 is 25.0 Å². The van der Waals surface area contributed by atoms with E-state index in [0.29, 0.717) is 0 Å². The maximum atomic E-state index is 10.1. The van der Waals surface area contributed by atoms with E-state index in [1.54, 1.807) is 14.2 Å². The first-order chi connectivity index (χ1) is 8.08. The van der Waals surface area contributed by atoms with Crippen LogP contribution in [0.2, 0.25) is 0 Å². The zero-order valence-corrected chi connectivity index (χ0v) is 10.8. The van der Waals surface area contributed by atoms with E-state index in [0.717, 1.165) is 5.17 Å². The van der Waals surface area contributed by atoms with E-state index in [1.807, 2.05) is 6.92 Å². The molecule has 2 fully saturated rings. The standard InChI is InChI=1S/C10H18N2O4S/c1-4(15-3)8-7(14)6(13)5-9(16-8)17-10(11-2)12-5/h4-9,13-14H,1-3H3,(H,11,12)/t4-,5+,6+,7-,8?,9+/m0/s1. The van der Waals surface area contributed by atoms with Crippen LogP contribution in [-0.4, -0.2) is 65.4 Å². The lowest BCUT2D eigenvalue weighted by Crippen LogP contribution is -2.61. The number of aliphatic hydroxyl groups is 2. The van der Waals surface area contributed by atoms with Gasteiger partial charge in [-0.3, -0.25) is 4.99 Å². The Labute approximate surface area is 104 Å². The van der Waals surface area contributed by atoms with Crippen LogP contribution in [0.5, 0.6) is 0 Å². The third-order valence-corrected chi connectivity index (χ3v) is 4.35. The number of nitrogens with zero attached hydrogens (tertiary/aromatic N) is 1. The van der Waals surface area contributed by atoms with Gasteiger partial charge in [0.15, 0.2) is 5.17 Å². The second-order valence-electron chi connectivity index (χ2n) is 4.21. The number of nitrogens with one attached hydrogen (secondary N) is 1. The second-order valence-corrected chi connectivity index (χ2v) is 5.29. The van der Waals surface area contributed by atoms with Crippen LogP contribution in [0.25, 0.3) is 0 Å². The van der Waals surface area contributed by atoms with Crippen LogP contribution in [0.1, 0.15) is 6.92 Å². The van der Waals surface area contributed by atoms with Crippen molar-refractivity contribution in [3.05, 3.63) is 0 Å². The minimum absolute atomic E-state index is 0.241. The first-order valence-electron chi connectivity index (χ1n) is 5.53. The number of thioether (sulfide) groups is 1. The molecule has 98 valence electrons. The number of hydrogen-bond acceptors (Lipinski definition) is 6. The van der Waals surface area contributed by atoms with Crippen LogP contribution < -0.4 is 5.32 Å². The van der Waals surface area contributed by atoms with Gasteiger partial charge in [0, 0.05) is 14.2 Å². The van der Waals surface area contributed by atoms with Crippen LogP contribution in [0, 0.1) is 0 Å². The molecule has 1 unspecified atom stereocenters. The second kappa shape index (κ2) is 5.11. The number of rotatable bonds is 2. The molecule has 0 aromatic heterocycles. The molecule has 0 spiro atoms. The smallest absolute Gasteiger partial charge is 0.159 e. The van der Waals surface area contributed by atoms with Crippen molar-refractivity contribution in [3.63, 3.8) is 0 Å². The normalized spacial score (nSPS) is 45.5. The largest absolute Gasteiger partial charge is 0.388 e. The van der Waals surface area contributed by atoms with Crippen LogP contribution >= 0.6 is 11.8 Å². The molecule has 7 heteroatoms. The Morgan fingerprint density at radius 2 is 2.18 bits per heavy atom. The van der Waals surface area contributed by atoms with E-state index in [9.17, 15) is 10.2 Å². The summed E-state index contributed by atoms with van der Waals surface area (Å²) < 4.78 is 10.9. The van der Waals surface area contributed by atoms with E-state index >= 15 is 0 Å². The van der Waals surface area contributed by atoms with Gasteiger partial charge in [0.25, 0.3) is 0 Å². The van der Waals surface area contributed by atoms with Crippen LogP contribution in [0.3, 0.4) is 0 Å². The van der Waals surface area contributed by atoms with Crippen molar-refractivity contribution < 1.29 is 19.7 Å². The summed E-state index contributed by atoms with van der Waals surface area (Å²) in [5, 5.41) is 23.8. The van der Waals surface area contributed by atoms with E-state index in [1.165, 1.54) is 11.8 Å². The van der Waals surface area contributed by atoms with E-state index < -0.39 is 18.3 Å². The van der Waals surface area contributed by atoms with Crippen molar-refractivity contribution in [3.8, 4) is 0 Å². The highest BCUT2D eigenvalue weighted by molar-refractivity contribution is 8.14. The predicted octanol–water partition coefficient (Wildman–Crippen LogP) is -0.841. The molecule has 0 radical (unpaired) electrons. The van der Waals surface area contributed by atoms with Gasteiger partial charge in [0.2, 0.25) is 0 Å². The third-order valence-electron chi connectivity index (χ3n) is 3.19. The molecule has 2 aliphatic rings. The fourth-order valence-corrected chi connectivity index (χ4v) is 3.16. The number of aliphatic hydroxyl groups excluding tert-OH is 2. The van der Waals surface area contributed by atoms with Crippen molar-refractivity contribution >= 4 is 16.9 Å². The number of aliphatic imine (C=N–C) groups is 1. The van der Waals surface area contributed by atoms with Crippen molar-refractivity contribution in [2.75, 3.05) is 14.2 Å². The number of amidine groups is 1. The lowest BCUT2D eigenvalue weighted by atomic mass is 9.95. The van der Waals surface area contributed by atoms with Crippen molar-refractivity contribution in [1.29, 1.82) is 0 Å². The van der Waals surface area contributed by atoms with Crippen LogP contribution in [-0.2, 0) is 9.47 Å². The Balaban J connectivity index is 2.13. The van der Waals surface area contributed by atoms with Crippen molar-refractivity contribution in [1.82, 2.24) is 5.32 Å². The number of hydrogen-bond donors (Lipinski definition) is 3. The van der Waals surface area contributed by atoms with Gasteiger partial charge in [-0.25, -0.2) is 0 Å². The van der Waals surface area contributed by atoms with E-state index in [-0.39, 0.29) is 17.6 Å². The highest BCUT2D eigenvalue weighted by Gasteiger charge is 2.50. The average Bonchev–Trinajstić information content (AvgIpc) is 2.76. The molecule has 6 nitrogen and oxygen atoms in total. The zero-order valence-electron chi connectivity index (χ0n) is 10.0. The van der Waals surface area contributed by atoms with Crippen LogP contribution in [0.4, 0.5) is 0 Å². The molecule has 2 heterocycles. The van der Waals surface area contributed by atoms with Gasteiger partial charge in [0.05, 0.1) is 12.1 Å². The lowest BCUT2D eigenvalue weighted by molar-refractivity contribution is -0.189. The summed E-state index contributed by atoms with van der Waals surface area (Å²) in [5.74, 6) is 0. The molecule has 0 bridgehead atoms. The summed E-state index contributed by atoms with van der Waals surface area (Å²) in [7, 11) is 3.23. The number of methoxy groups -OCH3 is 1. The monoisotopic (exact) mass is 262 g/mol. The fraction of sp³-hybridized carbons (Fsp3) is 0.900. The molecule has 0 aliphatic carbocycles. The highest BCUT2D eigenvalue weighted by atomic mass is 32.2. The average molecular weight is 262 g/mol. The highest BCUT2D eigenvalue weighted by Crippen LogP contribution is 2.34. The van der Waals surface area contributed by atoms with Crippen molar-refractivity contribution in [2.45, 2.75) is 42.8 Å². The molecule has 2 saturated heterocycles. The predicted molar refractivity (Wildman–Crippen MR) is 65.0 cm³/mol. The lowest BCUT2D eigenvalue weighted by Gasteiger charge is -2.40. The molecule has 0 aromatic rings. The summed E-state index contributed by atoms with van der Waals surface area (Å²) in [6, 6.07) is -0.325. The maximum Gasteiger partial charge on any atom is 0.159 e. The maximum absolute atomic E-state index is 10.1. The summed E-state index contributed by atoms with van der Waals surface area (Å²) in [6.07, 6.45) is -2.65. The van der Waals surface area contributed by atoms with Crippen molar-refractivity contribution in [2.24, 2.45) is 4.99 Å². The minimum atomic E-state index is -0.962. The van der Waals surface area contributed by atoms with Crippen LogP contribution in [0.15, 0.2) is 4.99 Å². The number of ether oxygens (including phenoxy) is 2. The molecule has 3 N–H and O–H groups in total. The van der Waals surface area contributed by atoms with Gasteiger partial charge in [0.1, 0.15) is 23.7 Å². The first kappa shape index (κ1) is 13.1. The Morgan fingerprint density at radius 3 is 2.76 bits per heavy atom. The minimum Gasteiger partial charge on any atom is -0.388 e. The molecule has 6 atom stereocenters. The summed E-state index contributed by atoms with van der Waals surface area (Å²) >= 11 is 1.42. The van der Waals surface area contributed by atoms with E-state index in [4.69, 9.17) is 9.47 Å². The van der Waals surface area contributed by atoms with Gasteiger partial charge in [-0.1, -0.05) is 11.8 Å². The van der Waals surface area contributed by atoms with Gasteiger partial charge in [-0.05, 0) is 6.92 Å². The van der Waals surface area contributed by atoms with Gasteiger partial charge >= 0.3 is 0 Å². The summed E-state index contributed by atoms with van der Waals surface area (Å²) in [4.78, 5) is 4.03. The fourth-order valence-electron chi connectivity index (χ4n) is 2.07. The Bertz CT molecular complexity index is 315. The third kappa shape index (κ3) is 2.30. The molecule has 2 rings (SSSR count). The summed E-state index contributed by atoms with van der Waals surface area (Å²) in [5.41, 5.74) is -0.241. The first-order valence-corrected chi connectivity index (χ1v) is 6.40. The summed E-state index contributed by atoms with van der Waals surface area (Å²) in [6.45, 7) is 1.81. The Kier molecular flexibility index (Phi) is 3.94. The van der Waals surface area contributed by atoms with Gasteiger partial charge in [-0.15, -0.1) is 0 Å². The zero-order chi connectivity index (χ0) is 12.6. The quantitative estimate of drug-likeness (QED) is 0.602. The van der Waals surface area contributed by atoms with E-state index in [2.05, 4.69) is 10.3 Å². The molecule has 2 aliphatic heterocycles. The molecule has 17 heavy (non-hydrogen) atoms. The number of fused-ring (bicyclic) bond motifs is 1.